The van der Waals surface area contributed by atoms with Crippen LogP contribution in [0.3, 0.4) is 0 Å². The van der Waals surface area contributed by atoms with Crippen molar-refractivity contribution in [2.45, 2.75) is 23.9 Å². The zero-order chi connectivity index (χ0) is 27.1. The Labute approximate surface area is 226 Å². The molecule has 2 aliphatic rings. The zero-order valence-electron chi connectivity index (χ0n) is 21.4. The molecule has 11 nitrogen and oxygen atoms in total. The summed E-state index contributed by atoms with van der Waals surface area (Å²) in [4.78, 5) is 15.4. The second kappa shape index (κ2) is 9.95. The standard InChI is InChI=1S/C27H29N7O4S/c1-37-21-3-4-22-23(12-21)31-16-32-27(22)33-8-9-38-24-5-2-17(10-19(24)14-33)18-11-25(26(29)30-13-18)39(35,36)34-7-6-20(28)15-34/h2-5,10-13,16,20H,6-9,14-15,28H2,1H3,(H2,29,30). The minimum absolute atomic E-state index is 0.00944. The third-order valence-electron chi connectivity index (χ3n) is 7.18. The first-order valence-electron chi connectivity index (χ1n) is 12.6. The summed E-state index contributed by atoms with van der Waals surface area (Å²) in [7, 11) is -2.19. The maximum absolute atomic E-state index is 13.3. The minimum atomic E-state index is -3.82. The van der Waals surface area contributed by atoms with Gasteiger partial charge in [0.1, 0.15) is 41.0 Å². The van der Waals surface area contributed by atoms with Crippen molar-refractivity contribution in [3.8, 4) is 22.6 Å². The number of nitrogens with two attached hydrogens (primary N) is 2. The molecule has 2 aromatic heterocycles. The van der Waals surface area contributed by atoms with E-state index >= 15 is 0 Å². The molecule has 0 spiro atoms. The Morgan fingerprint density at radius 1 is 1.05 bits per heavy atom. The Hall–Kier alpha value is -4.00. The maximum atomic E-state index is 13.3. The van der Waals surface area contributed by atoms with E-state index in [1.807, 2.05) is 36.4 Å². The smallest absolute Gasteiger partial charge is 0.246 e. The molecule has 4 heterocycles. The van der Waals surface area contributed by atoms with E-state index < -0.39 is 10.0 Å². The lowest BCUT2D eigenvalue weighted by Crippen LogP contribution is -2.32. The van der Waals surface area contributed by atoms with Crippen LogP contribution in [0.4, 0.5) is 11.6 Å². The van der Waals surface area contributed by atoms with Crippen molar-refractivity contribution in [1.29, 1.82) is 0 Å². The molecule has 0 radical (unpaired) electrons. The molecule has 0 amide bonds. The summed E-state index contributed by atoms with van der Waals surface area (Å²) in [5.74, 6) is 2.27. The third kappa shape index (κ3) is 4.71. The van der Waals surface area contributed by atoms with Crippen molar-refractivity contribution in [3.05, 3.63) is 60.6 Å². The van der Waals surface area contributed by atoms with Crippen LogP contribution in [0.5, 0.6) is 11.5 Å². The molecule has 4 aromatic rings. The van der Waals surface area contributed by atoms with E-state index in [2.05, 4.69) is 19.9 Å². The number of methoxy groups -OCH3 is 1. The fourth-order valence-corrected chi connectivity index (χ4v) is 6.69. The Bertz CT molecular complexity index is 1660. The molecule has 2 aromatic carbocycles. The van der Waals surface area contributed by atoms with Crippen molar-refractivity contribution in [1.82, 2.24) is 19.3 Å². The van der Waals surface area contributed by atoms with Gasteiger partial charge in [-0.2, -0.15) is 4.31 Å². The van der Waals surface area contributed by atoms with E-state index in [-0.39, 0.29) is 23.3 Å². The molecular formula is C27H29N7O4S. The lowest BCUT2D eigenvalue weighted by atomic mass is 10.0. The first-order chi connectivity index (χ1) is 18.8. The van der Waals surface area contributed by atoms with E-state index in [1.54, 1.807) is 25.7 Å². The zero-order valence-corrected chi connectivity index (χ0v) is 22.3. The van der Waals surface area contributed by atoms with Gasteiger partial charge in [0, 0.05) is 54.5 Å². The van der Waals surface area contributed by atoms with Crippen molar-refractivity contribution in [2.75, 3.05) is 44.0 Å². The van der Waals surface area contributed by atoms with E-state index in [1.165, 1.54) is 4.31 Å². The van der Waals surface area contributed by atoms with Gasteiger partial charge < -0.3 is 25.8 Å². The van der Waals surface area contributed by atoms with Gasteiger partial charge in [-0.3, -0.25) is 0 Å². The highest BCUT2D eigenvalue weighted by atomic mass is 32.2. The fourth-order valence-electron chi connectivity index (χ4n) is 5.09. The van der Waals surface area contributed by atoms with Gasteiger partial charge in [0.25, 0.3) is 0 Å². The normalized spacial score (nSPS) is 18.0. The molecule has 202 valence electrons. The lowest BCUT2D eigenvalue weighted by molar-refractivity contribution is 0.331. The molecule has 2 aliphatic heterocycles. The van der Waals surface area contributed by atoms with Gasteiger partial charge in [-0.1, -0.05) is 6.07 Å². The Balaban J connectivity index is 1.34. The summed E-state index contributed by atoms with van der Waals surface area (Å²) >= 11 is 0. The van der Waals surface area contributed by atoms with Crippen molar-refractivity contribution < 1.29 is 17.9 Å². The van der Waals surface area contributed by atoms with Gasteiger partial charge in [0.2, 0.25) is 10.0 Å². The molecule has 39 heavy (non-hydrogen) atoms. The Morgan fingerprint density at radius 3 is 2.72 bits per heavy atom. The lowest BCUT2D eigenvalue weighted by Gasteiger charge is -2.22. The highest BCUT2D eigenvalue weighted by Gasteiger charge is 2.33. The largest absolute Gasteiger partial charge is 0.497 e. The van der Waals surface area contributed by atoms with Crippen molar-refractivity contribution >= 4 is 32.6 Å². The number of rotatable bonds is 5. The number of pyridine rings is 1. The summed E-state index contributed by atoms with van der Waals surface area (Å²) in [5.41, 5.74) is 15.2. The molecule has 6 rings (SSSR count). The number of nitrogen functional groups attached to an aromatic ring is 1. The number of ether oxygens (including phenoxy) is 2. The molecule has 0 saturated carbocycles. The second-order valence-corrected chi connectivity index (χ2v) is 11.6. The van der Waals surface area contributed by atoms with Crippen LogP contribution in [0.15, 0.2) is 59.9 Å². The maximum Gasteiger partial charge on any atom is 0.246 e. The number of benzene rings is 2. The molecule has 1 atom stereocenters. The molecule has 0 bridgehead atoms. The highest BCUT2D eigenvalue weighted by molar-refractivity contribution is 7.89. The Morgan fingerprint density at radius 2 is 1.92 bits per heavy atom. The summed E-state index contributed by atoms with van der Waals surface area (Å²) in [6, 6.07) is 12.9. The van der Waals surface area contributed by atoms with Gasteiger partial charge in [-0.25, -0.2) is 23.4 Å². The number of anilines is 2. The Kier molecular flexibility index (Phi) is 6.45. The highest BCUT2D eigenvalue weighted by Crippen LogP contribution is 2.34. The van der Waals surface area contributed by atoms with Crippen molar-refractivity contribution in [2.24, 2.45) is 5.73 Å². The van der Waals surface area contributed by atoms with Gasteiger partial charge in [-0.15, -0.1) is 0 Å². The van der Waals surface area contributed by atoms with E-state index in [4.69, 9.17) is 20.9 Å². The quantitative estimate of drug-likeness (QED) is 0.381. The number of hydrogen-bond acceptors (Lipinski definition) is 10. The van der Waals surface area contributed by atoms with Crippen molar-refractivity contribution in [3.63, 3.8) is 0 Å². The molecule has 12 heteroatoms. The van der Waals surface area contributed by atoms with Crippen LogP contribution >= 0.6 is 0 Å². The van der Waals surface area contributed by atoms with Crippen LogP contribution in [-0.2, 0) is 16.6 Å². The number of fused-ring (bicyclic) bond motifs is 2. The van der Waals surface area contributed by atoms with Crippen LogP contribution in [0.25, 0.3) is 22.0 Å². The summed E-state index contributed by atoms with van der Waals surface area (Å²) in [6.45, 7) is 2.29. The van der Waals surface area contributed by atoms with Gasteiger partial charge in [0.05, 0.1) is 19.2 Å². The average molecular weight is 548 g/mol. The molecule has 4 N–H and O–H groups in total. The average Bonchev–Trinajstić information content (AvgIpc) is 3.28. The number of aromatic nitrogens is 3. The van der Waals surface area contributed by atoms with Crippen LogP contribution < -0.4 is 25.8 Å². The topological polar surface area (TPSA) is 150 Å². The van der Waals surface area contributed by atoms with Crippen LogP contribution in [0.1, 0.15) is 12.0 Å². The first kappa shape index (κ1) is 25.3. The molecule has 1 unspecified atom stereocenters. The summed E-state index contributed by atoms with van der Waals surface area (Å²) in [6.07, 6.45) is 3.75. The predicted octanol–water partition coefficient (Wildman–Crippen LogP) is 2.40. The summed E-state index contributed by atoms with van der Waals surface area (Å²) < 4.78 is 39.4. The SMILES string of the molecule is COc1ccc2c(N3CCOc4ccc(-c5cnc(N)c(S(=O)(=O)N6CCC(N)C6)c5)cc4C3)ncnc2c1. The number of sulfonamides is 1. The van der Waals surface area contributed by atoms with Crippen LogP contribution in [-0.4, -0.2) is 67.1 Å². The van der Waals surface area contributed by atoms with E-state index in [0.29, 0.717) is 38.2 Å². The molecule has 0 aliphatic carbocycles. The first-order valence-corrected chi connectivity index (χ1v) is 14.1. The van der Waals surface area contributed by atoms with E-state index in [9.17, 15) is 8.42 Å². The molecule has 1 fully saturated rings. The minimum Gasteiger partial charge on any atom is -0.497 e. The monoisotopic (exact) mass is 547 g/mol. The van der Waals surface area contributed by atoms with Gasteiger partial charge >= 0.3 is 0 Å². The molecular weight excluding hydrogens is 518 g/mol. The number of nitrogens with zero attached hydrogens (tertiary/aromatic N) is 5. The second-order valence-electron chi connectivity index (χ2n) is 9.69. The number of hydrogen-bond donors (Lipinski definition) is 2. The van der Waals surface area contributed by atoms with Gasteiger partial charge in [-0.05, 0) is 42.3 Å². The van der Waals surface area contributed by atoms with E-state index in [0.717, 1.165) is 39.3 Å². The van der Waals surface area contributed by atoms with Crippen LogP contribution in [0.2, 0.25) is 0 Å². The fraction of sp³-hybridized carbons (Fsp3) is 0.296. The van der Waals surface area contributed by atoms with Gasteiger partial charge in [0.15, 0.2) is 0 Å². The van der Waals surface area contributed by atoms with Crippen LogP contribution in [0, 0.1) is 0 Å². The summed E-state index contributed by atoms with van der Waals surface area (Å²) in [5, 5.41) is 0.914. The molecule has 1 saturated heterocycles. The predicted molar refractivity (Wildman–Crippen MR) is 148 cm³/mol. The third-order valence-corrected chi connectivity index (χ3v) is 9.08.